The molecule has 102 valence electrons. The number of hydrogen-bond donors (Lipinski definition) is 0. The van der Waals surface area contributed by atoms with Crippen molar-refractivity contribution in [1.29, 1.82) is 0 Å². The van der Waals surface area contributed by atoms with Gasteiger partial charge >= 0.3 is 0 Å². The van der Waals surface area contributed by atoms with Crippen LogP contribution >= 0.6 is 0 Å². The summed E-state index contributed by atoms with van der Waals surface area (Å²) in [6, 6.07) is 6.74. The second-order valence-electron chi connectivity index (χ2n) is 5.14. The van der Waals surface area contributed by atoms with Gasteiger partial charge in [0.25, 0.3) is 0 Å². The van der Waals surface area contributed by atoms with E-state index in [-0.39, 0.29) is 11.4 Å². The summed E-state index contributed by atoms with van der Waals surface area (Å²) in [7, 11) is -3.54. The zero-order valence-corrected chi connectivity index (χ0v) is 11.9. The minimum Gasteiger partial charge on any atom is -0.302 e. The topological polar surface area (TPSA) is 54.5 Å². The average Bonchev–Trinajstić information content (AvgIpc) is 2.39. The summed E-state index contributed by atoms with van der Waals surface area (Å²) in [5, 5.41) is 0. The predicted molar refractivity (Wildman–Crippen MR) is 73.2 cm³/mol. The molecule has 0 bridgehead atoms. The van der Waals surface area contributed by atoms with Crippen LogP contribution in [0.2, 0.25) is 0 Å². The molecule has 1 aliphatic rings. The van der Waals surface area contributed by atoms with Crippen molar-refractivity contribution in [2.45, 2.75) is 18.7 Å². The molecule has 1 heterocycles. The van der Waals surface area contributed by atoms with Crippen molar-refractivity contribution in [1.82, 2.24) is 4.31 Å². The quantitative estimate of drug-likeness (QED) is 0.626. The van der Waals surface area contributed by atoms with E-state index in [0.717, 1.165) is 11.8 Å². The van der Waals surface area contributed by atoms with Crippen LogP contribution in [0, 0.1) is 12.3 Å². The Morgan fingerprint density at radius 1 is 1.26 bits per heavy atom. The van der Waals surface area contributed by atoms with E-state index in [1.807, 2.05) is 6.92 Å². The number of nitrogens with zero attached hydrogens (tertiary/aromatic N) is 1. The smallest absolute Gasteiger partial charge is 0.243 e. The highest BCUT2D eigenvalue weighted by atomic mass is 32.2. The van der Waals surface area contributed by atoms with Crippen molar-refractivity contribution in [3.05, 3.63) is 42.0 Å². The van der Waals surface area contributed by atoms with Crippen LogP contribution in [0.4, 0.5) is 0 Å². The van der Waals surface area contributed by atoms with E-state index < -0.39 is 15.4 Å². The Morgan fingerprint density at radius 2 is 1.89 bits per heavy atom. The molecule has 0 N–H and O–H groups in total. The first-order valence-corrected chi connectivity index (χ1v) is 7.52. The molecule has 4 nitrogen and oxygen atoms in total. The minimum absolute atomic E-state index is 0.184. The molecule has 2 rings (SSSR count). The highest BCUT2D eigenvalue weighted by molar-refractivity contribution is 7.89. The lowest BCUT2D eigenvalue weighted by Gasteiger charge is -2.31. The molecule has 0 fully saturated rings. The Balaban J connectivity index is 2.33. The third-order valence-electron chi connectivity index (χ3n) is 3.25. The largest absolute Gasteiger partial charge is 0.302 e. The van der Waals surface area contributed by atoms with Crippen LogP contribution in [0.5, 0.6) is 0 Å². The SMILES string of the molecule is Cc1ccc(S(=O)(=O)N2CC=CC(C)(C=O)C2)cc1. The Kier molecular flexibility index (Phi) is 3.60. The zero-order chi connectivity index (χ0) is 14.1. The van der Waals surface area contributed by atoms with Gasteiger partial charge in [0.15, 0.2) is 0 Å². The van der Waals surface area contributed by atoms with Crippen LogP contribution in [0.3, 0.4) is 0 Å². The number of benzene rings is 1. The summed E-state index contributed by atoms with van der Waals surface area (Å²) in [5.41, 5.74) is 0.269. The first kappa shape index (κ1) is 14.0. The highest BCUT2D eigenvalue weighted by Gasteiger charge is 2.33. The highest BCUT2D eigenvalue weighted by Crippen LogP contribution is 2.26. The molecule has 19 heavy (non-hydrogen) atoms. The lowest BCUT2D eigenvalue weighted by atomic mass is 9.90. The van der Waals surface area contributed by atoms with Gasteiger partial charge in [0.1, 0.15) is 6.29 Å². The van der Waals surface area contributed by atoms with Crippen LogP contribution in [0.15, 0.2) is 41.3 Å². The number of aryl methyl sites for hydroxylation is 1. The molecule has 1 atom stereocenters. The van der Waals surface area contributed by atoms with E-state index in [9.17, 15) is 13.2 Å². The van der Waals surface area contributed by atoms with Crippen molar-refractivity contribution < 1.29 is 13.2 Å². The fraction of sp³-hybridized carbons (Fsp3) is 0.357. The van der Waals surface area contributed by atoms with E-state index in [4.69, 9.17) is 0 Å². The fourth-order valence-corrected chi connectivity index (χ4v) is 3.56. The van der Waals surface area contributed by atoms with E-state index in [0.29, 0.717) is 6.54 Å². The summed E-state index contributed by atoms with van der Waals surface area (Å²) in [5.74, 6) is 0. The van der Waals surface area contributed by atoms with Gasteiger partial charge in [-0.3, -0.25) is 0 Å². The maximum atomic E-state index is 12.5. The molecule has 0 aromatic heterocycles. The van der Waals surface area contributed by atoms with Crippen molar-refractivity contribution in [2.24, 2.45) is 5.41 Å². The van der Waals surface area contributed by atoms with Crippen LogP contribution in [-0.4, -0.2) is 32.1 Å². The van der Waals surface area contributed by atoms with E-state index in [1.54, 1.807) is 43.3 Å². The molecule has 0 saturated heterocycles. The summed E-state index contributed by atoms with van der Waals surface area (Å²) in [6.07, 6.45) is 4.28. The lowest BCUT2D eigenvalue weighted by Crippen LogP contribution is -2.42. The molecule has 0 saturated carbocycles. The number of sulfonamides is 1. The number of carbonyl (C=O) groups is 1. The number of aldehydes is 1. The molecule has 0 spiro atoms. The Bertz CT molecular complexity index is 604. The number of rotatable bonds is 3. The fourth-order valence-electron chi connectivity index (χ4n) is 2.06. The van der Waals surface area contributed by atoms with Gasteiger partial charge in [-0.1, -0.05) is 29.8 Å². The minimum atomic E-state index is -3.54. The first-order chi connectivity index (χ1) is 8.87. The molecule has 1 aromatic carbocycles. The van der Waals surface area contributed by atoms with Crippen molar-refractivity contribution >= 4 is 16.3 Å². The number of carbonyl (C=O) groups excluding carboxylic acids is 1. The van der Waals surface area contributed by atoms with Crippen LogP contribution in [0.1, 0.15) is 12.5 Å². The van der Waals surface area contributed by atoms with E-state index >= 15 is 0 Å². The third-order valence-corrected chi connectivity index (χ3v) is 5.08. The van der Waals surface area contributed by atoms with Crippen LogP contribution < -0.4 is 0 Å². The average molecular weight is 279 g/mol. The maximum Gasteiger partial charge on any atom is 0.243 e. The summed E-state index contributed by atoms with van der Waals surface area (Å²) >= 11 is 0. The van der Waals surface area contributed by atoms with E-state index in [1.165, 1.54) is 4.31 Å². The lowest BCUT2D eigenvalue weighted by molar-refractivity contribution is -0.113. The molecular formula is C14H17NO3S. The standard InChI is InChI=1S/C14H17NO3S/c1-12-4-6-13(7-5-12)19(17,18)15-9-3-8-14(2,10-15)11-16/h3-8,11H,9-10H2,1-2H3. The molecule has 0 amide bonds. The maximum absolute atomic E-state index is 12.5. The van der Waals surface area contributed by atoms with Crippen molar-refractivity contribution in [2.75, 3.05) is 13.1 Å². The van der Waals surface area contributed by atoms with Gasteiger partial charge in [0.2, 0.25) is 10.0 Å². The van der Waals surface area contributed by atoms with Gasteiger partial charge in [-0.25, -0.2) is 8.42 Å². The van der Waals surface area contributed by atoms with Gasteiger partial charge in [-0.15, -0.1) is 0 Å². The molecular weight excluding hydrogens is 262 g/mol. The predicted octanol–water partition coefficient (Wildman–Crippen LogP) is 1.76. The normalized spacial score (nSPS) is 24.3. The molecule has 5 heteroatoms. The van der Waals surface area contributed by atoms with Gasteiger partial charge in [0.05, 0.1) is 10.3 Å². The summed E-state index contributed by atoms with van der Waals surface area (Å²) in [6.45, 7) is 4.12. The Labute approximate surface area is 113 Å². The molecule has 0 radical (unpaired) electrons. The zero-order valence-electron chi connectivity index (χ0n) is 11.0. The number of hydrogen-bond acceptors (Lipinski definition) is 3. The van der Waals surface area contributed by atoms with Crippen molar-refractivity contribution in [3.8, 4) is 0 Å². The van der Waals surface area contributed by atoms with Gasteiger partial charge in [-0.05, 0) is 26.0 Å². The van der Waals surface area contributed by atoms with Crippen LogP contribution in [0.25, 0.3) is 0 Å². The second kappa shape index (κ2) is 4.90. The first-order valence-electron chi connectivity index (χ1n) is 6.08. The van der Waals surface area contributed by atoms with Crippen LogP contribution in [-0.2, 0) is 14.8 Å². The van der Waals surface area contributed by atoms with E-state index in [2.05, 4.69) is 0 Å². The Morgan fingerprint density at radius 3 is 2.47 bits per heavy atom. The van der Waals surface area contributed by atoms with Crippen molar-refractivity contribution in [3.63, 3.8) is 0 Å². The van der Waals surface area contributed by atoms with Gasteiger partial charge in [-0.2, -0.15) is 4.31 Å². The Hall–Kier alpha value is -1.46. The summed E-state index contributed by atoms with van der Waals surface area (Å²) in [4.78, 5) is 11.3. The van der Waals surface area contributed by atoms with Gasteiger partial charge < -0.3 is 4.79 Å². The molecule has 1 aliphatic heterocycles. The second-order valence-corrected chi connectivity index (χ2v) is 7.07. The molecule has 1 aromatic rings. The molecule has 1 unspecified atom stereocenters. The third kappa shape index (κ3) is 2.77. The van der Waals surface area contributed by atoms with Gasteiger partial charge in [0, 0.05) is 13.1 Å². The monoisotopic (exact) mass is 279 g/mol. The summed E-state index contributed by atoms with van der Waals surface area (Å²) < 4.78 is 26.3. The molecule has 0 aliphatic carbocycles.